The van der Waals surface area contributed by atoms with Crippen LogP contribution in [0.1, 0.15) is 26.7 Å². The van der Waals surface area contributed by atoms with Crippen molar-refractivity contribution in [3.8, 4) is 0 Å². The molecule has 2 N–H and O–H groups in total. The van der Waals surface area contributed by atoms with E-state index in [0.29, 0.717) is 10.8 Å². The van der Waals surface area contributed by atoms with Gasteiger partial charge in [-0.25, -0.2) is 17.7 Å². The van der Waals surface area contributed by atoms with Crippen LogP contribution in [0.4, 0.5) is 5.82 Å². The number of anilines is 1. The van der Waals surface area contributed by atoms with Gasteiger partial charge in [0.05, 0.1) is 24.5 Å². The van der Waals surface area contributed by atoms with Gasteiger partial charge >= 0.3 is 0 Å². The number of hydrogen-bond acceptors (Lipinski definition) is 4. The quantitative estimate of drug-likeness (QED) is 0.582. The molecular formula is C21H28N5O2S+. The van der Waals surface area contributed by atoms with Crippen molar-refractivity contribution in [2.45, 2.75) is 50.2 Å². The molecule has 1 fully saturated rings. The minimum absolute atomic E-state index is 0.0465. The molecule has 0 amide bonds. The van der Waals surface area contributed by atoms with E-state index in [-0.39, 0.29) is 12.1 Å². The highest BCUT2D eigenvalue weighted by atomic mass is 32.2. The molecule has 0 saturated heterocycles. The number of fused-ring (bicyclic) bond motifs is 1. The molecular weight excluding hydrogens is 386 g/mol. The van der Waals surface area contributed by atoms with Crippen LogP contribution in [0.2, 0.25) is 0 Å². The van der Waals surface area contributed by atoms with Gasteiger partial charge < -0.3 is 4.98 Å². The molecule has 8 heteroatoms. The monoisotopic (exact) mass is 414 g/mol. The summed E-state index contributed by atoms with van der Waals surface area (Å²) in [6.45, 7) is 5.26. The molecule has 0 unspecified atom stereocenters. The molecule has 7 nitrogen and oxygen atoms in total. The summed E-state index contributed by atoms with van der Waals surface area (Å²) in [5, 5.41) is 1.09. The van der Waals surface area contributed by atoms with Crippen LogP contribution in [0.3, 0.4) is 0 Å². The second kappa shape index (κ2) is 7.76. The molecule has 0 spiro atoms. The number of sulfonamides is 1. The highest BCUT2D eigenvalue weighted by Crippen LogP contribution is 2.31. The fourth-order valence-electron chi connectivity index (χ4n) is 3.96. The molecule has 2 heterocycles. The van der Waals surface area contributed by atoms with Crippen molar-refractivity contribution in [3.63, 3.8) is 0 Å². The molecule has 0 radical (unpaired) electrons. The first-order valence-corrected chi connectivity index (χ1v) is 11.5. The Labute approximate surface area is 171 Å². The number of nitrogens with zero attached hydrogens (tertiary/aromatic N) is 3. The van der Waals surface area contributed by atoms with Gasteiger partial charge in [0, 0.05) is 12.2 Å². The summed E-state index contributed by atoms with van der Waals surface area (Å²) < 4.78 is 30.2. The predicted molar refractivity (Wildman–Crippen MR) is 113 cm³/mol. The van der Waals surface area contributed by atoms with Crippen molar-refractivity contribution in [2.24, 2.45) is 5.92 Å². The lowest BCUT2D eigenvalue weighted by Crippen LogP contribution is -2.55. The first kappa shape index (κ1) is 19.8. The summed E-state index contributed by atoms with van der Waals surface area (Å²) in [6, 6.07) is 10.8. The smallest absolute Gasteiger partial charge is 0.240 e. The van der Waals surface area contributed by atoms with Crippen LogP contribution in [0.25, 0.3) is 11.0 Å². The summed E-state index contributed by atoms with van der Waals surface area (Å²) in [7, 11) is -1.38. The SMILES string of the molecule is CC(C)C[n+]1cnc2[nH]ccc2c1N(C)[C@H]1C[C@@H](NS(=O)(=O)c2ccccc2)C1. The summed E-state index contributed by atoms with van der Waals surface area (Å²) >= 11 is 0. The first-order chi connectivity index (χ1) is 13.8. The summed E-state index contributed by atoms with van der Waals surface area (Å²) in [5.74, 6) is 1.62. The third kappa shape index (κ3) is 4.00. The molecule has 29 heavy (non-hydrogen) atoms. The van der Waals surface area contributed by atoms with Crippen molar-refractivity contribution in [2.75, 3.05) is 11.9 Å². The molecule has 154 valence electrons. The molecule has 0 atom stereocenters. The van der Waals surface area contributed by atoms with Crippen molar-refractivity contribution >= 4 is 26.9 Å². The van der Waals surface area contributed by atoms with Crippen molar-refractivity contribution in [1.29, 1.82) is 0 Å². The fraction of sp³-hybridized carbons (Fsp3) is 0.429. The Kier molecular flexibility index (Phi) is 5.31. The van der Waals surface area contributed by atoms with Crippen LogP contribution >= 0.6 is 0 Å². The van der Waals surface area contributed by atoms with E-state index in [9.17, 15) is 8.42 Å². The van der Waals surface area contributed by atoms with Crippen molar-refractivity contribution in [3.05, 3.63) is 48.9 Å². The average molecular weight is 415 g/mol. The van der Waals surface area contributed by atoms with E-state index in [0.717, 1.165) is 36.2 Å². The Morgan fingerprint density at radius 2 is 1.97 bits per heavy atom. The Hall–Kier alpha value is -2.45. The van der Waals surface area contributed by atoms with Crippen molar-refractivity contribution < 1.29 is 13.0 Å². The van der Waals surface area contributed by atoms with E-state index in [4.69, 9.17) is 0 Å². The molecule has 4 rings (SSSR count). The van der Waals surface area contributed by atoms with Gasteiger partial charge in [0.1, 0.15) is 5.39 Å². The molecule has 0 bridgehead atoms. The van der Waals surface area contributed by atoms with E-state index in [1.54, 1.807) is 24.3 Å². The highest BCUT2D eigenvalue weighted by molar-refractivity contribution is 7.89. The van der Waals surface area contributed by atoms with Gasteiger partial charge in [-0.15, -0.1) is 0 Å². The second-order valence-corrected chi connectivity index (χ2v) is 9.94. The molecule has 1 aliphatic carbocycles. The van der Waals surface area contributed by atoms with Gasteiger partial charge in [0.2, 0.25) is 27.8 Å². The lowest BCUT2D eigenvalue weighted by Gasteiger charge is -2.39. The van der Waals surface area contributed by atoms with Crippen LogP contribution in [0.15, 0.2) is 53.8 Å². The van der Waals surface area contributed by atoms with Gasteiger partial charge in [-0.2, -0.15) is 0 Å². The Balaban J connectivity index is 1.50. The number of benzene rings is 1. The zero-order valence-corrected chi connectivity index (χ0v) is 17.9. The molecule has 1 aromatic carbocycles. The predicted octanol–water partition coefficient (Wildman–Crippen LogP) is 2.45. The Morgan fingerprint density at radius 1 is 1.24 bits per heavy atom. The summed E-state index contributed by atoms with van der Waals surface area (Å²) in [4.78, 5) is 10.3. The molecule has 2 aromatic heterocycles. The van der Waals surface area contributed by atoms with Gasteiger partial charge in [-0.3, -0.25) is 4.90 Å². The van der Waals surface area contributed by atoms with Crippen LogP contribution < -0.4 is 14.2 Å². The molecule has 0 aliphatic heterocycles. The average Bonchev–Trinajstić information content (AvgIpc) is 3.12. The maximum atomic E-state index is 12.6. The second-order valence-electron chi connectivity index (χ2n) is 8.22. The van der Waals surface area contributed by atoms with Gasteiger partial charge in [0.15, 0.2) is 0 Å². The van der Waals surface area contributed by atoms with Gasteiger partial charge in [0.25, 0.3) is 0 Å². The first-order valence-electron chi connectivity index (χ1n) is 10.0. The van der Waals surface area contributed by atoms with E-state index in [1.165, 1.54) is 0 Å². The zero-order chi connectivity index (χ0) is 20.6. The molecule has 3 aromatic rings. The number of aromatic amines is 1. The Bertz CT molecular complexity index is 1090. The van der Waals surface area contributed by atoms with Gasteiger partial charge in [-0.1, -0.05) is 37.0 Å². The van der Waals surface area contributed by atoms with Gasteiger partial charge in [-0.05, 0) is 37.0 Å². The molecule has 1 aliphatic rings. The Morgan fingerprint density at radius 3 is 2.66 bits per heavy atom. The van der Waals surface area contributed by atoms with Crippen LogP contribution in [0.5, 0.6) is 0 Å². The topological polar surface area (TPSA) is 82.0 Å². The van der Waals surface area contributed by atoms with E-state index < -0.39 is 10.0 Å². The van der Waals surface area contributed by atoms with E-state index in [1.807, 2.05) is 18.6 Å². The van der Waals surface area contributed by atoms with E-state index >= 15 is 0 Å². The largest absolute Gasteiger partial charge is 0.332 e. The van der Waals surface area contributed by atoms with Crippen LogP contribution in [0, 0.1) is 5.92 Å². The number of hydrogen-bond donors (Lipinski definition) is 2. The minimum Gasteiger partial charge on any atom is -0.332 e. The highest BCUT2D eigenvalue weighted by Gasteiger charge is 2.39. The third-order valence-electron chi connectivity index (χ3n) is 5.50. The summed E-state index contributed by atoms with van der Waals surface area (Å²) in [6.07, 6.45) is 5.35. The van der Waals surface area contributed by atoms with Crippen molar-refractivity contribution in [1.82, 2.24) is 14.7 Å². The normalized spacial score (nSPS) is 19.4. The van der Waals surface area contributed by atoms with E-state index in [2.05, 4.69) is 51.1 Å². The number of rotatable bonds is 7. The zero-order valence-electron chi connectivity index (χ0n) is 17.0. The maximum Gasteiger partial charge on any atom is 0.240 e. The summed E-state index contributed by atoms with van der Waals surface area (Å²) in [5.41, 5.74) is 0.868. The van der Waals surface area contributed by atoms with Crippen LogP contribution in [-0.2, 0) is 16.6 Å². The standard InChI is InChI=1S/C21H27N5O2S/c1-15(2)13-26-14-23-20-19(9-10-22-20)21(26)25(3)17-11-16(12-17)24-29(27,28)18-7-5-4-6-8-18/h4-10,14-17,24H,11-13H2,1-3H3/p+1/t16-,17+. The maximum absolute atomic E-state index is 12.6. The number of H-pyrrole nitrogens is 1. The minimum atomic E-state index is -3.47. The third-order valence-corrected chi connectivity index (χ3v) is 7.03. The number of nitrogens with one attached hydrogen (secondary N) is 2. The lowest BCUT2D eigenvalue weighted by molar-refractivity contribution is -0.692. The van der Waals surface area contributed by atoms with Crippen LogP contribution in [-0.4, -0.2) is 37.5 Å². The molecule has 1 saturated carbocycles. The number of aromatic nitrogens is 3. The lowest BCUT2D eigenvalue weighted by atomic mass is 9.86. The fourth-order valence-corrected chi connectivity index (χ4v) is 5.25.